The Balaban J connectivity index is 1.60. The SMILES string of the molecule is C[C@H]1CN(C(=O)c2cccc(-c3ccc(C#N)cc3)n2)Cc2cnc(C(C)(O)C(F)(F)F)n21. The zero-order chi connectivity index (χ0) is 24.0. The van der Waals surface area contributed by atoms with Crippen LogP contribution in [0.2, 0.25) is 0 Å². The van der Waals surface area contributed by atoms with Gasteiger partial charge < -0.3 is 14.6 Å². The second-order valence-electron chi connectivity index (χ2n) is 8.15. The Hall–Kier alpha value is -3.71. The fourth-order valence-electron chi connectivity index (χ4n) is 3.90. The lowest BCUT2D eigenvalue weighted by molar-refractivity contribution is -0.263. The molecular formula is C23H20F3N5O2. The van der Waals surface area contributed by atoms with Crippen LogP contribution in [0.15, 0.2) is 48.7 Å². The summed E-state index contributed by atoms with van der Waals surface area (Å²) in [7, 11) is 0. The lowest BCUT2D eigenvalue weighted by Gasteiger charge is -2.36. The number of carbonyl (C=O) groups excluding carboxylic acids is 1. The molecule has 33 heavy (non-hydrogen) atoms. The second-order valence-corrected chi connectivity index (χ2v) is 8.15. The number of aliphatic hydroxyl groups is 1. The van der Waals surface area contributed by atoms with E-state index in [1.54, 1.807) is 49.4 Å². The average Bonchev–Trinajstić information content (AvgIpc) is 3.23. The van der Waals surface area contributed by atoms with Crippen molar-refractivity contribution in [2.45, 2.75) is 38.2 Å². The summed E-state index contributed by atoms with van der Waals surface area (Å²) in [4.78, 5) is 22.9. The van der Waals surface area contributed by atoms with Crippen LogP contribution in [0.4, 0.5) is 13.2 Å². The van der Waals surface area contributed by atoms with Crippen LogP contribution in [0.3, 0.4) is 0 Å². The molecule has 2 aromatic heterocycles. The first-order valence-corrected chi connectivity index (χ1v) is 10.2. The van der Waals surface area contributed by atoms with Crippen molar-refractivity contribution in [2.75, 3.05) is 6.54 Å². The molecule has 170 valence electrons. The lowest BCUT2D eigenvalue weighted by Crippen LogP contribution is -2.45. The Morgan fingerprint density at radius 2 is 1.91 bits per heavy atom. The molecule has 7 nitrogen and oxygen atoms in total. The third-order valence-corrected chi connectivity index (χ3v) is 5.70. The van der Waals surface area contributed by atoms with Crippen LogP contribution in [0, 0.1) is 11.3 Å². The topological polar surface area (TPSA) is 95.0 Å². The van der Waals surface area contributed by atoms with Gasteiger partial charge in [0.25, 0.3) is 5.91 Å². The highest BCUT2D eigenvalue weighted by Crippen LogP contribution is 2.40. The number of fused-ring (bicyclic) bond motifs is 1. The summed E-state index contributed by atoms with van der Waals surface area (Å²) < 4.78 is 41.4. The number of carbonyl (C=O) groups is 1. The number of hydrogen-bond donors (Lipinski definition) is 1. The number of hydrogen-bond acceptors (Lipinski definition) is 5. The molecule has 1 unspecified atom stereocenters. The maximum absolute atomic E-state index is 13.3. The third-order valence-electron chi connectivity index (χ3n) is 5.70. The van der Waals surface area contributed by atoms with Crippen molar-refractivity contribution in [3.8, 4) is 17.3 Å². The normalized spacial score (nSPS) is 17.7. The molecule has 0 saturated carbocycles. The molecule has 0 radical (unpaired) electrons. The number of aromatic nitrogens is 3. The molecular weight excluding hydrogens is 435 g/mol. The molecule has 0 spiro atoms. The van der Waals surface area contributed by atoms with E-state index < -0.39 is 23.6 Å². The summed E-state index contributed by atoms with van der Waals surface area (Å²) in [5.74, 6) is -0.862. The van der Waals surface area contributed by atoms with Crippen LogP contribution in [0.1, 0.15) is 47.5 Å². The first kappa shape index (κ1) is 22.5. The van der Waals surface area contributed by atoms with E-state index >= 15 is 0 Å². The van der Waals surface area contributed by atoms with E-state index in [0.29, 0.717) is 23.9 Å². The van der Waals surface area contributed by atoms with E-state index in [-0.39, 0.29) is 24.7 Å². The van der Waals surface area contributed by atoms with Gasteiger partial charge in [0.05, 0.1) is 41.8 Å². The minimum absolute atomic E-state index is 0.0346. The van der Waals surface area contributed by atoms with Gasteiger partial charge in [0.15, 0.2) is 5.82 Å². The van der Waals surface area contributed by atoms with Gasteiger partial charge >= 0.3 is 6.18 Å². The maximum Gasteiger partial charge on any atom is 0.424 e. The van der Waals surface area contributed by atoms with E-state index in [2.05, 4.69) is 9.97 Å². The number of pyridine rings is 1. The highest BCUT2D eigenvalue weighted by atomic mass is 19.4. The van der Waals surface area contributed by atoms with Crippen molar-refractivity contribution in [3.63, 3.8) is 0 Å². The molecule has 1 aliphatic rings. The highest BCUT2D eigenvalue weighted by molar-refractivity contribution is 5.93. The number of imidazole rings is 1. The number of alkyl halides is 3. The Morgan fingerprint density at radius 1 is 1.21 bits per heavy atom. The molecule has 4 rings (SSSR count). The Morgan fingerprint density at radius 3 is 2.55 bits per heavy atom. The smallest absolute Gasteiger partial charge is 0.374 e. The van der Waals surface area contributed by atoms with E-state index in [0.717, 1.165) is 5.56 Å². The molecule has 1 N–H and O–H groups in total. The summed E-state index contributed by atoms with van der Waals surface area (Å²) in [6.45, 7) is 2.51. The molecule has 3 aromatic rings. The highest BCUT2D eigenvalue weighted by Gasteiger charge is 2.55. The summed E-state index contributed by atoms with van der Waals surface area (Å²) in [5, 5.41) is 19.0. The summed E-state index contributed by atoms with van der Waals surface area (Å²) in [5.41, 5.74) is -0.710. The van der Waals surface area contributed by atoms with E-state index in [4.69, 9.17) is 5.26 Å². The van der Waals surface area contributed by atoms with Crippen LogP contribution < -0.4 is 0 Å². The first-order valence-electron chi connectivity index (χ1n) is 10.2. The average molecular weight is 455 g/mol. The lowest BCUT2D eigenvalue weighted by atomic mass is 10.0. The molecule has 1 aliphatic heterocycles. The molecule has 2 atom stereocenters. The van der Waals surface area contributed by atoms with Gasteiger partial charge in [0, 0.05) is 12.1 Å². The molecule has 0 bridgehead atoms. The number of nitriles is 1. The summed E-state index contributed by atoms with van der Waals surface area (Å²) in [6, 6.07) is 13.3. The number of halogens is 3. The van der Waals surface area contributed by atoms with Crippen molar-refractivity contribution in [2.24, 2.45) is 0 Å². The minimum Gasteiger partial charge on any atom is -0.374 e. The van der Waals surface area contributed by atoms with Crippen LogP contribution in [-0.2, 0) is 12.1 Å². The predicted octanol–water partition coefficient (Wildman–Crippen LogP) is 3.80. The molecule has 0 aliphatic carbocycles. The zero-order valence-electron chi connectivity index (χ0n) is 17.8. The summed E-state index contributed by atoms with van der Waals surface area (Å²) in [6.07, 6.45) is -3.64. The largest absolute Gasteiger partial charge is 0.424 e. The van der Waals surface area contributed by atoms with Crippen molar-refractivity contribution in [3.05, 3.63) is 71.4 Å². The predicted molar refractivity (Wildman–Crippen MR) is 112 cm³/mol. The quantitative estimate of drug-likeness (QED) is 0.648. The zero-order valence-corrected chi connectivity index (χ0v) is 17.8. The molecule has 10 heteroatoms. The third kappa shape index (κ3) is 3.96. The van der Waals surface area contributed by atoms with Gasteiger partial charge in [-0.1, -0.05) is 18.2 Å². The molecule has 3 heterocycles. The van der Waals surface area contributed by atoms with Gasteiger partial charge in [-0.05, 0) is 38.1 Å². The first-order chi connectivity index (χ1) is 15.5. The second kappa shape index (κ2) is 8.01. The van der Waals surface area contributed by atoms with Gasteiger partial charge in [0.1, 0.15) is 5.69 Å². The molecule has 0 fully saturated rings. The Bertz CT molecular complexity index is 1240. The standard InChI is InChI=1S/C23H20F3N5O2/c1-14-12-30(13-17-11-28-21(31(14)17)22(2,33)23(24,25)26)20(32)19-5-3-4-18(29-19)16-8-6-15(10-27)7-9-16/h3-9,11,14,33H,12-13H2,1-2H3/t14-,22?/m0/s1. The minimum atomic E-state index is -4.89. The number of benzene rings is 1. The fourth-order valence-corrected chi connectivity index (χ4v) is 3.90. The summed E-state index contributed by atoms with van der Waals surface area (Å²) >= 11 is 0. The van der Waals surface area contributed by atoms with Gasteiger partial charge in [-0.2, -0.15) is 18.4 Å². The monoisotopic (exact) mass is 455 g/mol. The Labute approximate surface area is 187 Å². The van der Waals surface area contributed by atoms with Gasteiger partial charge in [-0.25, -0.2) is 9.97 Å². The van der Waals surface area contributed by atoms with Gasteiger partial charge in [-0.3, -0.25) is 4.79 Å². The molecule has 1 amide bonds. The van der Waals surface area contributed by atoms with Crippen molar-refractivity contribution < 1.29 is 23.1 Å². The number of amides is 1. The van der Waals surface area contributed by atoms with E-state index in [1.807, 2.05) is 6.07 Å². The number of rotatable bonds is 3. The van der Waals surface area contributed by atoms with Crippen molar-refractivity contribution in [1.29, 1.82) is 5.26 Å². The maximum atomic E-state index is 13.3. The van der Waals surface area contributed by atoms with Crippen molar-refractivity contribution >= 4 is 5.91 Å². The molecule has 1 aromatic carbocycles. The molecule has 0 saturated heterocycles. The van der Waals surface area contributed by atoms with Crippen LogP contribution >= 0.6 is 0 Å². The van der Waals surface area contributed by atoms with Crippen LogP contribution in [-0.4, -0.2) is 43.2 Å². The van der Waals surface area contributed by atoms with Gasteiger partial charge in [-0.15, -0.1) is 0 Å². The van der Waals surface area contributed by atoms with Crippen LogP contribution in [0.25, 0.3) is 11.3 Å². The fraction of sp³-hybridized carbons (Fsp3) is 0.304. The van der Waals surface area contributed by atoms with E-state index in [9.17, 15) is 23.1 Å². The van der Waals surface area contributed by atoms with Crippen LogP contribution in [0.5, 0.6) is 0 Å². The van der Waals surface area contributed by atoms with Crippen molar-refractivity contribution in [1.82, 2.24) is 19.4 Å². The van der Waals surface area contributed by atoms with Gasteiger partial charge in [0.2, 0.25) is 5.60 Å². The number of nitrogens with zero attached hydrogens (tertiary/aromatic N) is 5. The van der Waals surface area contributed by atoms with E-state index in [1.165, 1.54) is 15.7 Å². The Kier molecular flexibility index (Phi) is 5.46.